The second-order valence-electron chi connectivity index (χ2n) is 9.28. The number of halogens is 1. The molecule has 1 atom stereocenters. The van der Waals surface area contributed by atoms with Crippen molar-refractivity contribution in [3.63, 3.8) is 0 Å². The van der Waals surface area contributed by atoms with Gasteiger partial charge in [-0.15, -0.1) is 0 Å². The summed E-state index contributed by atoms with van der Waals surface area (Å²) in [5.41, 5.74) is 0.775. The molecular formula is C22H31FN2O. The quantitative estimate of drug-likeness (QED) is 0.778. The molecule has 1 aromatic carbocycles. The molecule has 0 radical (unpaired) electrons. The Morgan fingerprint density at radius 2 is 2.00 bits per heavy atom. The van der Waals surface area contributed by atoms with Crippen molar-refractivity contribution in [2.45, 2.75) is 76.3 Å². The standard InChI is InChI=1S/C22H31FN2O/c1-21(2)15-22(16-25(21)19-10-5-9-18(23)14-19)11-6-12-24(22)20(26)13-17-7-3-4-8-17/h5,9-10,14,17H,3-4,6-8,11-13,15-16H2,1-2H3. The fourth-order valence-corrected chi connectivity index (χ4v) is 5.80. The molecule has 1 aromatic rings. The predicted molar refractivity (Wildman–Crippen MR) is 103 cm³/mol. The van der Waals surface area contributed by atoms with Gasteiger partial charge in [0.1, 0.15) is 5.82 Å². The number of anilines is 1. The van der Waals surface area contributed by atoms with Gasteiger partial charge in [0.25, 0.3) is 0 Å². The van der Waals surface area contributed by atoms with Crippen molar-refractivity contribution in [1.29, 1.82) is 0 Å². The maximum absolute atomic E-state index is 13.8. The lowest BCUT2D eigenvalue weighted by Gasteiger charge is -2.36. The van der Waals surface area contributed by atoms with E-state index in [0.29, 0.717) is 11.8 Å². The van der Waals surface area contributed by atoms with E-state index in [4.69, 9.17) is 0 Å². The first-order valence-corrected chi connectivity index (χ1v) is 10.2. The van der Waals surface area contributed by atoms with Crippen LogP contribution in [0, 0.1) is 11.7 Å². The molecular weight excluding hydrogens is 327 g/mol. The first-order chi connectivity index (χ1) is 12.4. The molecule has 4 heteroatoms. The number of benzene rings is 1. The minimum atomic E-state index is -0.195. The first kappa shape index (κ1) is 17.8. The molecule has 1 unspecified atom stereocenters. The summed E-state index contributed by atoms with van der Waals surface area (Å²) in [5.74, 6) is 0.750. The van der Waals surface area contributed by atoms with Gasteiger partial charge < -0.3 is 9.80 Å². The molecule has 1 saturated carbocycles. The molecule has 0 N–H and O–H groups in total. The van der Waals surface area contributed by atoms with Gasteiger partial charge in [-0.2, -0.15) is 0 Å². The average molecular weight is 359 g/mol. The zero-order valence-corrected chi connectivity index (χ0v) is 16.1. The fourth-order valence-electron chi connectivity index (χ4n) is 5.80. The van der Waals surface area contributed by atoms with Crippen molar-refractivity contribution >= 4 is 11.6 Å². The number of hydrogen-bond donors (Lipinski definition) is 0. The van der Waals surface area contributed by atoms with Gasteiger partial charge in [-0.25, -0.2) is 4.39 Å². The van der Waals surface area contributed by atoms with Crippen LogP contribution in [0.25, 0.3) is 0 Å². The summed E-state index contributed by atoms with van der Waals surface area (Å²) >= 11 is 0. The lowest BCUT2D eigenvalue weighted by molar-refractivity contribution is -0.135. The third-order valence-corrected chi connectivity index (χ3v) is 6.90. The average Bonchev–Trinajstić information content (AvgIpc) is 3.27. The summed E-state index contributed by atoms with van der Waals surface area (Å²) in [5, 5.41) is 0. The molecule has 2 aliphatic heterocycles. The minimum Gasteiger partial charge on any atom is -0.364 e. The van der Waals surface area contributed by atoms with Crippen molar-refractivity contribution < 1.29 is 9.18 Å². The van der Waals surface area contributed by atoms with Crippen LogP contribution in [0.2, 0.25) is 0 Å². The number of carbonyl (C=O) groups excluding carboxylic acids is 1. The zero-order chi connectivity index (χ0) is 18.4. The van der Waals surface area contributed by atoms with Gasteiger partial charge >= 0.3 is 0 Å². The van der Waals surface area contributed by atoms with E-state index in [0.717, 1.165) is 44.5 Å². The Labute approximate surface area is 156 Å². The highest BCUT2D eigenvalue weighted by Crippen LogP contribution is 2.47. The highest BCUT2D eigenvalue weighted by molar-refractivity contribution is 5.78. The molecule has 26 heavy (non-hydrogen) atoms. The maximum Gasteiger partial charge on any atom is 0.223 e. The molecule has 1 aliphatic carbocycles. The van der Waals surface area contributed by atoms with Gasteiger partial charge in [-0.1, -0.05) is 18.9 Å². The van der Waals surface area contributed by atoms with Crippen molar-refractivity contribution in [2.75, 3.05) is 18.0 Å². The van der Waals surface area contributed by atoms with E-state index in [1.165, 1.54) is 31.7 Å². The molecule has 0 aromatic heterocycles. The Hall–Kier alpha value is -1.58. The minimum absolute atomic E-state index is 0.0779. The van der Waals surface area contributed by atoms with Gasteiger partial charge in [-0.3, -0.25) is 4.79 Å². The second-order valence-corrected chi connectivity index (χ2v) is 9.28. The predicted octanol–water partition coefficient (Wildman–Crippen LogP) is 4.76. The Balaban J connectivity index is 1.56. The summed E-state index contributed by atoms with van der Waals surface area (Å²) in [7, 11) is 0. The van der Waals surface area contributed by atoms with Gasteiger partial charge in [-0.05, 0) is 70.1 Å². The molecule has 1 spiro atoms. The summed E-state index contributed by atoms with van der Waals surface area (Å²) in [6.45, 7) is 6.16. The lowest BCUT2D eigenvalue weighted by Crippen LogP contribution is -2.49. The van der Waals surface area contributed by atoms with Crippen LogP contribution in [0.4, 0.5) is 10.1 Å². The van der Waals surface area contributed by atoms with E-state index in [1.807, 2.05) is 6.07 Å². The van der Waals surface area contributed by atoms with Crippen molar-refractivity contribution in [2.24, 2.45) is 5.92 Å². The summed E-state index contributed by atoms with van der Waals surface area (Å²) < 4.78 is 13.8. The van der Waals surface area contributed by atoms with Gasteiger partial charge in [0.05, 0.1) is 5.54 Å². The van der Waals surface area contributed by atoms with Crippen LogP contribution < -0.4 is 4.90 Å². The summed E-state index contributed by atoms with van der Waals surface area (Å²) in [6.07, 6.45) is 8.84. The van der Waals surface area contributed by atoms with Crippen LogP contribution in [0.3, 0.4) is 0 Å². The molecule has 1 amide bonds. The number of rotatable bonds is 3. The first-order valence-electron chi connectivity index (χ1n) is 10.2. The third kappa shape index (κ3) is 3.12. The van der Waals surface area contributed by atoms with E-state index >= 15 is 0 Å². The largest absolute Gasteiger partial charge is 0.364 e. The van der Waals surface area contributed by atoms with E-state index in [2.05, 4.69) is 23.6 Å². The topological polar surface area (TPSA) is 23.6 Å². The Morgan fingerprint density at radius 3 is 2.73 bits per heavy atom. The zero-order valence-electron chi connectivity index (χ0n) is 16.1. The van der Waals surface area contributed by atoms with Gasteiger partial charge in [0, 0.05) is 30.7 Å². The molecule has 3 nitrogen and oxygen atoms in total. The molecule has 142 valence electrons. The molecule has 0 bridgehead atoms. The second kappa shape index (κ2) is 6.54. The van der Waals surface area contributed by atoms with Gasteiger partial charge in [0.15, 0.2) is 0 Å². The van der Waals surface area contributed by atoms with Gasteiger partial charge in [0.2, 0.25) is 5.91 Å². The fraction of sp³-hybridized carbons (Fsp3) is 0.682. The van der Waals surface area contributed by atoms with E-state index < -0.39 is 0 Å². The SMILES string of the molecule is CC1(C)CC2(CCCN2C(=O)CC2CCCC2)CN1c1cccc(F)c1. The maximum atomic E-state index is 13.8. The Morgan fingerprint density at radius 1 is 1.23 bits per heavy atom. The van der Waals surface area contributed by atoms with Crippen molar-refractivity contribution in [3.8, 4) is 0 Å². The smallest absolute Gasteiger partial charge is 0.223 e. The monoisotopic (exact) mass is 358 g/mol. The van der Waals surface area contributed by atoms with Crippen LogP contribution in [0.15, 0.2) is 24.3 Å². The van der Waals surface area contributed by atoms with Crippen LogP contribution in [-0.4, -0.2) is 35.0 Å². The number of likely N-dealkylation sites (tertiary alicyclic amines) is 1. The van der Waals surface area contributed by atoms with Crippen LogP contribution in [-0.2, 0) is 4.79 Å². The number of carbonyl (C=O) groups is 1. The van der Waals surface area contributed by atoms with Crippen molar-refractivity contribution in [3.05, 3.63) is 30.1 Å². The molecule has 3 aliphatic rings. The molecule has 2 saturated heterocycles. The van der Waals surface area contributed by atoms with E-state index in [-0.39, 0.29) is 16.9 Å². The Bertz CT molecular complexity index is 682. The van der Waals surface area contributed by atoms with Crippen LogP contribution in [0.5, 0.6) is 0 Å². The van der Waals surface area contributed by atoms with Crippen LogP contribution in [0.1, 0.15) is 65.2 Å². The number of nitrogens with zero attached hydrogens (tertiary/aromatic N) is 2. The highest BCUT2D eigenvalue weighted by Gasteiger charge is 2.54. The molecule has 2 heterocycles. The highest BCUT2D eigenvalue weighted by atomic mass is 19.1. The Kier molecular flexibility index (Phi) is 4.48. The van der Waals surface area contributed by atoms with E-state index in [1.54, 1.807) is 12.1 Å². The number of amides is 1. The van der Waals surface area contributed by atoms with Crippen molar-refractivity contribution in [1.82, 2.24) is 4.90 Å². The third-order valence-electron chi connectivity index (χ3n) is 6.90. The molecule has 4 rings (SSSR count). The summed E-state index contributed by atoms with van der Waals surface area (Å²) in [4.78, 5) is 17.6. The van der Waals surface area contributed by atoms with Crippen LogP contribution >= 0.6 is 0 Å². The lowest BCUT2D eigenvalue weighted by atomic mass is 9.87. The summed E-state index contributed by atoms with van der Waals surface area (Å²) in [6, 6.07) is 6.89. The number of hydrogen-bond acceptors (Lipinski definition) is 2. The normalized spacial score (nSPS) is 28.4. The van der Waals surface area contributed by atoms with E-state index in [9.17, 15) is 9.18 Å². The molecule has 3 fully saturated rings.